The van der Waals surface area contributed by atoms with Crippen LogP contribution in [0, 0.1) is 0 Å². The van der Waals surface area contributed by atoms with E-state index in [0.717, 1.165) is 58.6 Å². The highest BCUT2D eigenvalue weighted by molar-refractivity contribution is 5.82. The molecule has 1 aliphatic heterocycles. The molecule has 5 nitrogen and oxygen atoms in total. The first-order valence-electron chi connectivity index (χ1n) is 9.33. The number of fused-ring (bicyclic) bond motifs is 3. The van der Waals surface area contributed by atoms with Crippen LogP contribution in [0.2, 0.25) is 0 Å². The fourth-order valence-corrected chi connectivity index (χ4v) is 3.88. The minimum atomic E-state index is 0.840. The normalized spacial score (nSPS) is 12.4. The zero-order valence-corrected chi connectivity index (χ0v) is 15.9. The van der Waals surface area contributed by atoms with Crippen molar-refractivity contribution in [1.29, 1.82) is 0 Å². The number of methoxy groups -OCH3 is 2. The molecule has 0 fully saturated rings. The summed E-state index contributed by atoms with van der Waals surface area (Å²) in [5, 5.41) is 0. The molecule has 0 bridgehead atoms. The summed E-state index contributed by atoms with van der Waals surface area (Å²) >= 11 is 0. The Morgan fingerprint density at radius 1 is 0.786 bits per heavy atom. The Labute approximate surface area is 163 Å². The number of aromatic nitrogens is 3. The lowest BCUT2D eigenvalue weighted by Gasteiger charge is -2.20. The topological polar surface area (TPSA) is 41.2 Å². The van der Waals surface area contributed by atoms with E-state index in [0.29, 0.717) is 0 Å². The predicted octanol–water partition coefficient (Wildman–Crippen LogP) is 4.72. The van der Waals surface area contributed by atoms with E-state index in [9.17, 15) is 0 Å². The van der Waals surface area contributed by atoms with Gasteiger partial charge in [0.1, 0.15) is 11.5 Å². The molecule has 0 unspecified atom stereocenters. The molecule has 0 saturated heterocycles. The van der Waals surface area contributed by atoms with Crippen LogP contribution in [0.1, 0.15) is 0 Å². The molecule has 2 aromatic carbocycles. The molecular formula is C23H21N3O2. The van der Waals surface area contributed by atoms with Crippen LogP contribution in [0.4, 0.5) is 0 Å². The average molecular weight is 371 g/mol. The zero-order chi connectivity index (χ0) is 19.1. The van der Waals surface area contributed by atoms with Gasteiger partial charge in [0.05, 0.1) is 31.3 Å². The highest BCUT2D eigenvalue weighted by atomic mass is 16.5. The van der Waals surface area contributed by atoms with Crippen LogP contribution in [0.15, 0.2) is 66.9 Å². The first-order chi connectivity index (χ1) is 13.8. The lowest BCUT2D eigenvalue weighted by atomic mass is 10.0. The summed E-state index contributed by atoms with van der Waals surface area (Å²) in [4.78, 5) is 5.08. The van der Waals surface area contributed by atoms with Crippen molar-refractivity contribution in [2.45, 2.75) is 13.1 Å². The first kappa shape index (κ1) is 16.7. The first-order valence-corrected chi connectivity index (χ1v) is 9.33. The Bertz CT molecular complexity index is 1120. The molecular weight excluding hydrogens is 350 g/mol. The van der Waals surface area contributed by atoms with Gasteiger partial charge in [0.15, 0.2) is 5.82 Å². The number of benzene rings is 2. The number of rotatable bonds is 4. The Morgan fingerprint density at radius 3 is 2.07 bits per heavy atom. The van der Waals surface area contributed by atoms with E-state index in [4.69, 9.17) is 14.5 Å². The summed E-state index contributed by atoms with van der Waals surface area (Å²) in [5.74, 6) is 2.70. The van der Waals surface area contributed by atoms with E-state index in [2.05, 4.69) is 51.7 Å². The van der Waals surface area contributed by atoms with Gasteiger partial charge in [0.2, 0.25) is 0 Å². The number of imidazole rings is 1. The summed E-state index contributed by atoms with van der Waals surface area (Å²) in [7, 11) is 3.37. The minimum absolute atomic E-state index is 0.840. The molecule has 0 N–H and O–H groups in total. The molecule has 4 aromatic rings. The molecule has 5 rings (SSSR count). The van der Waals surface area contributed by atoms with Crippen molar-refractivity contribution >= 4 is 0 Å². The largest absolute Gasteiger partial charge is 0.497 e. The molecule has 0 amide bonds. The second-order valence-corrected chi connectivity index (χ2v) is 6.83. The monoisotopic (exact) mass is 371 g/mol. The van der Waals surface area contributed by atoms with Crippen molar-refractivity contribution in [2.75, 3.05) is 14.2 Å². The third-order valence-electron chi connectivity index (χ3n) is 5.32. The summed E-state index contributed by atoms with van der Waals surface area (Å²) < 4.78 is 15.2. The predicted molar refractivity (Wildman–Crippen MR) is 110 cm³/mol. The smallest absolute Gasteiger partial charge is 0.157 e. The van der Waals surface area contributed by atoms with E-state index in [1.165, 1.54) is 0 Å². The van der Waals surface area contributed by atoms with Crippen LogP contribution in [0.25, 0.3) is 34.0 Å². The van der Waals surface area contributed by atoms with Crippen LogP contribution in [0.5, 0.6) is 11.5 Å². The van der Waals surface area contributed by atoms with Crippen LogP contribution in [0.3, 0.4) is 0 Å². The maximum atomic E-state index is 5.34. The summed E-state index contributed by atoms with van der Waals surface area (Å²) in [6, 6.07) is 20.5. The second-order valence-electron chi connectivity index (χ2n) is 6.83. The van der Waals surface area contributed by atoms with Gasteiger partial charge in [0.25, 0.3) is 0 Å². The van der Waals surface area contributed by atoms with Crippen molar-refractivity contribution in [2.24, 2.45) is 0 Å². The van der Waals surface area contributed by atoms with Gasteiger partial charge in [-0.15, -0.1) is 0 Å². The highest BCUT2D eigenvalue weighted by Crippen LogP contribution is 2.38. The van der Waals surface area contributed by atoms with E-state index in [1.54, 1.807) is 14.2 Å². The van der Waals surface area contributed by atoms with Gasteiger partial charge >= 0.3 is 0 Å². The molecule has 0 atom stereocenters. The number of hydrogen-bond acceptors (Lipinski definition) is 3. The van der Waals surface area contributed by atoms with Crippen LogP contribution >= 0.6 is 0 Å². The molecule has 140 valence electrons. The van der Waals surface area contributed by atoms with E-state index >= 15 is 0 Å². The van der Waals surface area contributed by atoms with Gasteiger partial charge in [-0.1, -0.05) is 0 Å². The zero-order valence-electron chi connectivity index (χ0n) is 15.9. The van der Waals surface area contributed by atoms with Gasteiger partial charge in [-0.25, -0.2) is 4.98 Å². The molecule has 28 heavy (non-hydrogen) atoms. The van der Waals surface area contributed by atoms with Crippen molar-refractivity contribution in [3.63, 3.8) is 0 Å². The summed E-state index contributed by atoms with van der Waals surface area (Å²) in [5.41, 5.74) is 5.48. The fourth-order valence-electron chi connectivity index (χ4n) is 3.88. The maximum Gasteiger partial charge on any atom is 0.157 e. The minimum Gasteiger partial charge on any atom is -0.497 e. The number of hydrogen-bond donors (Lipinski definition) is 0. The Morgan fingerprint density at radius 2 is 1.43 bits per heavy atom. The van der Waals surface area contributed by atoms with Crippen LogP contribution in [-0.4, -0.2) is 28.3 Å². The van der Waals surface area contributed by atoms with Crippen molar-refractivity contribution in [1.82, 2.24) is 14.1 Å². The molecule has 0 saturated carbocycles. The maximum absolute atomic E-state index is 5.34. The van der Waals surface area contributed by atoms with Gasteiger partial charge in [-0.3, -0.25) is 0 Å². The van der Waals surface area contributed by atoms with E-state index in [1.807, 2.05) is 24.3 Å². The van der Waals surface area contributed by atoms with Crippen molar-refractivity contribution in [3.05, 3.63) is 66.9 Å². The Hall–Kier alpha value is -3.47. The highest BCUT2D eigenvalue weighted by Gasteiger charge is 2.25. The van der Waals surface area contributed by atoms with Gasteiger partial charge in [-0.2, -0.15) is 0 Å². The lowest BCUT2D eigenvalue weighted by Crippen LogP contribution is -2.16. The summed E-state index contributed by atoms with van der Waals surface area (Å²) in [6.07, 6.45) is 2.12. The van der Waals surface area contributed by atoms with E-state index in [-0.39, 0.29) is 0 Å². The number of aryl methyl sites for hydroxylation is 1. The quantitative estimate of drug-likeness (QED) is 0.521. The van der Waals surface area contributed by atoms with Crippen molar-refractivity contribution < 1.29 is 9.47 Å². The fraction of sp³-hybridized carbons (Fsp3) is 0.174. The lowest BCUT2D eigenvalue weighted by molar-refractivity contribution is 0.414. The standard InChI is InChI=1S/C23H21N3O2/c1-27-18-9-5-16(6-10-18)21-22(17-7-11-19(28-2)12-8-17)26-15-14-25-13-3-4-20(25)23(26)24-21/h3-13H,14-15H2,1-2H3. The molecule has 0 radical (unpaired) electrons. The third kappa shape index (κ3) is 2.59. The van der Waals surface area contributed by atoms with E-state index < -0.39 is 0 Å². The van der Waals surface area contributed by atoms with Gasteiger partial charge in [0, 0.05) is 30.4 Å². The Balaban J connectivity index is 1.73. The molecule has 0 spiro atoms. The molecule has 5 heteroatoms. The second kappa shape index (κ2) is 6.60. The number of ether oxygens (including phenoxy) is 2. The van der Waals surface area contributed by atoms with Crippen LogP contribution < -0.4 is 9.47 Å². The number of nitrogens with zero attached hydrogens (tertiary/aromatic N) is 3. The molecule has 3 heterocycles. The third-order valence-corrected chi connectivity index (χ3v) is 5.32. The SMILES string of the molecule is COc1ccc(-c2nc3n(c2-c2ccc(OC)cc2)CCn2cccc2-3)cc1. The molecule has 2 aromatic heterocycles. The Kier molecular flexibility index (Phi) is 3.93. The molecule has 1 aliphatic rings. The average Bonchev–Trinajstić information content (AvgIpc) is 3.38. The van der Waals surface area contributed by atoms with Gasteiger partial charge in [-0.05, 0) is 60.7 Å². The summed E-state index contributed by atoms with van der Waals surface area (Å²) in [6.45, 7) is 1.83. The van der Waals surface area contributed by atoms with Gasteiger partial charge < -0.3 is 18.6 Å². The van der Waals surface area contributed by atoms with Crippen LogP contribution in [-0.2, 0) is 13.1 Å². The van der Waals surface area contributed by atoms with Crippen molar-refractivity contribution in [3.8, 4) is 45.5 Å². The molecule has 0 aliphatic carbocycles.